The first kappa shape index (κ1) is 43.0. The summed E-state index contributed by atoms with van der Waals surface area (Å²) in [6, 6.07) is 0. The van der Waals surface area contributed by atoms with Crippen LogP contribution in [-0.2, 0) is 6.42 Å². The van der Waals surface area contributed by atoms with Crippen molar-refractivity contribution in [2.75, 3.05) is 0 Å². The first-order valence-electron chi connectivity index (χ1n) is 5.25. The summed E-state index contributed by atoms with van der Waals surface area (Å²) in [5, 5.41) is 9.71. The third-order valence-electron chi connectivity index (χ3n) is 2.64. The molecule has 0 radical (unpaired) electrons. The summed E-state index contributed by atoms with van der Waals surface area (Å²) in [4.78, 5) is 18.4. The minimum absolute atomic E-state index is 0. The number of amides is 1. The number of rotatable bonds is 3. The van der Waals surface area contributed by atoms with E-state index in [4.69, 9.17) is 0 Å². The molecule has 2 rings (SSSR count). The Balaban J connectivity index is -0.0000000640. The number of nitrogens with zero attached hydrogens (tertiary/aromatic N) is 1. The third-order valence-corrected chi connectivity index (χ3v) is 2.64. The quantitative estimate of drug-likeness (QED) is 0.618. The van der Waals surface area contributed by atoms with Gasteiger partial charge in [-0.15, -0.1) is 0 Å². The van der Waals surface area contributed by atoms with E-state index in [9.17, 15) is 9.90 Å². The van der Waals surface area contributed by atoms with Crippen LogP contribution in [0.25, 0.3) is 0 Å². The van der Waals surface area contributed by atoms with Crippen LogP contribution in [-0.4, -0.2) is 21.7 Å². The van der Waals surface area contributed by atoms with Crippen LogP contribution in [0.4, 0.5) is 0 Å². The van der Waals surface area contributed by atoms with Crippen LogP contribution in [0, 0.1) is 0 Å². The second kappa shape index (κ2) is 16.8. The lowest BCUT2D eigenvalue weighted by atomic mass is 10.0. The number of carbonyl (C=O) groups is 1. The summed E-state index contributed by atoms with van der Waals surface area (Å²) in [7, 11) is 0. The van der Waals surface area contributed by atoms with Crippen molar-refractivity contribution in [2.45, 2.75) is 92.5 Å². The Kier molecular flexibility index (Phi) is 31.3. The van der Waals surface area contributed by atoms with Gasteiger partial charge in [-0.1, -0.05) is 79.7 Å². The van der Waals surface area contributed by atoms with Crippen molar-refractivity contribution in [3.8, 4) is 5.88 Å². The lowest BCUT2D eigenvalue weighted by Crippen LogP contribution is -1.95. The molecule has 4 heteroatoms. The van der Waals surface area contributed by atoms with Crippen LogP contribution in [0.2, 0.25) is 0 Å². The van der Waals surface area contributed by atoms with Gasteiger partial charge in [0.15, 0.2) is 5.88 Å². The number of hydrogen-bond acceptors (Lipinski definition) is 2. The average molecular weight is 335 g/mol. The molecule has 23 heavy (non-hydrogen) atoms. The number of aromatic nitrogens is 1. The van der Waals surface area contributed by atoms with Gasteiger partial charge in [0.05, 0.1) is 16.8 Å². The largest absolute Gasteiger partial charge is 0.494 e. The first-order valence-corrected chi connectivity index (χ1v) is 5.25. The maximum atomic E-state index is 11.6. The third kappa shape index (κ3) is 7.02. The summed E-state index contributed by atoms with van der Waals surface area (Å²) in [6.45, 7) is 3.96. The predicted molar refractivity (Wildman–Crippen MR) is 111 cm³/mol. The van der Waals surface area contributed by atoms with Gasteiger partial charge in [0.2, 0.25) is 0 Å². The van der Waals surface area contributed by atoms with Crippen molar-refractivity contribution < 1.29 is 9.90 Å². The number of carbonyl (C=O) groups excluding carboxylic acids is 1. The number of aromatic hydroxyl groups is 1. The van der Waals surface area contributed by atoms with Gasteiger partial charge in [-0.05, 0) is 12.8 Å². The molecule has 1 aromatic heterocycles. The zero-order valence-corrected chi connectivity index (χ0v) is 8.92. The highest BCUT2D eigenvalue weighted by Crippen LogP contribution is 2.32. The molecule has 0 unspecified atom stereocenters. The van der Waals surface area contributed by atoms with Crippen LogP contribution in [0.3, 0.4) is 0 Å². The van der Waals surface area contributed by atoms with Crippen molar-refractivity contribution in [3.63, 3.8) is 0 Å². The Morgan fingerprint density at radius 2 is 1.39 bits per heavy atom. The normalized spacial score (nSPS) is 9.30. The standard InChI is InChI=1S/C11H14N2O2.8CH4/c1-3-5-7-9-8(10(14)13-7)6(4-2)12-11(9)15;;;;;;;;/h12,15H,3-5H2,1-2H3;8*1H4. The summed E-state index contributed by atoms with van der Waals surface area (Å²) in [5.74, 6) is -0.137. The second-order valence-electron chi connectivity index (χ2n) is 3.67. The Hall–Kier alpha value is -1.58. The molecule has 1 aliphatic rings. The van der Waals surface area contributed by atoms with Gasteiger partial charge < -0.3 is 10.1 Å². The Morgan fingerprint density at radius 3 is 1.78 bits per heavy atom. The number of aliphatic imine (C=N–C) groups is 1. The average Bonchev–Trinajstić information content (AvgIpc) is 2.69. The van der Waals surface area contributed by atoms with Crippen LogP contribution in [0.15, 0.2) is 4.99 Å². The minimum atomic E-state index is -0.221. The van der Waals surface area contributed by atoms with Crippen LogP contribution >= 0.6 is 0 Å². The number of fused-ring (bicyclic) bond motifs is 1. The summed E-state index contributed by atoms with van der Waals surface area (Å²) < 4.78 is 0. The fourth-order valence-corrected chi connectivity index (χ4v) is 1.97. The van der Waals surface area contributed by atoms with Crippen LogP contribution < -0.4 is 0 Å². The van der Waals surface area contributed by atoms with Gasteiger partial charge >= 0.3 is 0 Å². The van der Waals surface area contributed by atoms with Crippen molar-refractivity contribution in [1.29, 1.82) is 0 Å². The van der Waals surface area contributed by atoms with E-state index < -0.39 is 0 Å². The SMILES string of the molecule is C.C.C.C.C.C.C.C.CCCC1=NC(=O)c2c(CC)[nH]c(O)c21. The van der Waals surface area contributed by atoms with E-state index in [1.807, 2.05) is 13.8 Å². The molecule has 1 aromatic rings. The van der Waals surface area contributed by atoms with Crippen molar-refractivity contribution in [3.05, 3.63) is 16.8 Å². The van der Waals surface area contributed by atoms with E-state index in [0.717, 1.165) is 18.5 Å². The fourth-order valence-electron chi connectivity index (χ4n) is 1.97. The monoisotopic (exact) mass is 334 g/mol. The van der Waals surface area contributed by atoms with Crippen molar-refractivity contribution >= 4 is 11.6 Å². The predicted octanol–water partition coefficient (Wildman–Crippen LogP) is 7.11. The molecule has 0 atom stereocenters. The number of aryl methyl sites for hydroxylation is 1. The van der Waals surface area contributed by atoms with Gasteiger partial charge in [0.1, 0.15) is 0 Å². The number of hydrogen-bond donors (Lipinski definition) is 2. The van der Waals surface area contributed by atoms with Gasteiger partial charge in [0, 0.05) is 5.69 Å². The first-order chi connectivity index (χ1) is 7.19. The van der Waals surface area contributed by atoms with Crippen LogP contribution in [0.5, 0.6) is 5.88 Å². The van der Waals surface area contributed by atoms with Gasteiger partial charge in [-0.2, -0.15) is 0 Å². The molecule has 4 nitrogen and oxygen atoms in total. The van der Waals surface area contributed by atoms with Crippen molar-refractivity contribution in [2.24, 2.45) is 4.99 Å². The van der Waals surface area contributed by atoms with Crippen molar-refractivity contribution in [1.82, 2.24) is 4.98 Å². The molecule has 0 fully saturated rings. The summed E-state index contributed by atoms with van der Waals surface area (Å²) >= 11 is 0. The van der Waals surface area contributed by atoms with Gasteiger partial charge in [0.25, 0.3) is 5.91 Å². The number of aromatic amines is 1. The van der Waals surface area contributed by atoms with E-state index in [1.54, 1.807) is 0 Å². The van der Waals surface area contributed by atoms with Gasteiger partial charge in [-0.25, -0.2) is 4.99 Å². The van der Waals surface area contributed by atoms with E-state index in [1.165, 1.54) is 0 Å². The highest BCUT2D eigenvalue weighted by Gasteiger charge is 2.30. The molecule has 2 heterocycles. The van der Waals surface area contributed by atoms with Crippen LogP contribution in [0.1, 0.15) is 108 Å². The Bertz CT molecular complexity index is 446. The smallest absolute Gasteiger partial charge is 0.279 e. The molecule has 0 spiro atoms. The molecule has 2 N–H and O–H groups in total. The number of nitrogens with one attached hydrogen (secondary N) is 1. The van der Waals surface area contributed by atoms with Gasteiger partial charge in [-0.3, -0.25) is 4.79 Å². The second-order valence-corrected chi connectivity index (χ2v) is 3.67. The molecular weight excluding hydrogens is 288 g/mol. The Labute approximate surface area is 147 Å². The minimum Gasteiger partial charge on any atom is -0.494 e. The zero-order valence-electron chi connectivity index (χ0n) is 8.92. The van der Waals surface area contributed by atoms with E-state index in [2.05, 4.69) is 9.98 Å². The summed E-state index contributed by atoms with van der Waals surface area (Å²) in [6.07, 6.45) is 2.34. The molecule has 0 aliphatic carbocycles. The fraction of sp³-hybridized carbons (Fsp3) is 0.684. The summed E-state index contributed by atoms with van der Waals surface area (Å²) in [5.41, 5.74) is 2.69. The topological polar surface area (TPSA) is 65.5 Å². The molecule has 0 bridgehead atoms. The lowest BCUT2D eigenvalue weighted by Gasteiger charge is -1.96. The van der Waals surface area contributed by atoms with E-state index in [-0.39, 0.29) is 71.2 Å². The molecule has 1 aliphatic heterocycles. The van der Waals surface area contributed by atoms with E-state index >= 15 is 0 Å². The molecular formula is C19H46N2O2. The highest BCUT2D eigenvalue weighted by molar-refractivity contribution is 6.23. The Morgan fingerprint density at radius 1 is 0.913 bits per heavy atom. The van der Waals surface area contributed by atoms with E-state index in [0.29, 0.717) is 23.3 Å². The molecule has 0 aromatic carbocycles. The zero-order chi connectivity index (χ0) is 11.0. The number of H-pyrrole nitrogens is 1. The maximum Gasteiger partial charge on any atom is 0.279 e. The molecule has 0 saturated heterocycles. The molecule has 1 amide bonds. The maximum absolute atomic E-state index is 11.6. The highest BCUT2D eigenvalue weighted by atomic mass is 16.3. The molecule has 0 saturated carbocycles. The lowest BCUT2D eigenvalue weighted by molar-refractivity contribution is 0.101. The molecule has 144 valence electrons.